The first kappa shape index (κ1) is 11.0. The summed E-state index contributed by atoms with van der Waals surface area (Å²) < 4.78 is 0. The molecule has 5 nitrogen and oxygen atoms in total. The maximum Gasteiger partial charge on any atom is 0.318 e. The number of amides is 2. The van der Waals surface area contributed by atoms with Crippen LogP contribution >= 0.6 is 0 Å². The Hall–Kier alpha value is -0.810. The number of hydrogen-bond acceptors (Lipinski definition) is 3. The van der Waals surface area contributed by atoms with E-state index < -0.39 is 19.5 Å². The van der Waals surface area contributed by atoms with Crippen molar-refractivity contribution in [2.24, 2.45) is 5.73 Å². The topological polar surface area (TPSA) is 86.8 Å². The zero-order valence-corrected chi connectivity index (χ0v) is 4.24. The summed E-state index contributed by atoms with van der Waals surface area (Å²) in [6, 6.07) is -0.838. The molecule has 0 aliphatic heterocycles. The molecule has 5 heteroatoms. The zero-order valence-electron chi connectivity index (χ0n) is 4.24. The van der Waals surface area contributed by atoms with Crippen LogP contribution in [0.2, 0.25) is 0 Å². The van der Waals surface area contributed by atoms with Crippen LogP contribution in [0.15, 0.2) is 0 Å². The summed E-state index contributed by atoms with van der Waals surface area (Å²) >= 11 is 0. The van der Waals surface area contributed by atoms with Gasteiger partial charge in [-0.15, -0.1) is 0 Å². The zero-order chi connectivity index (χ0) is 6.57. The highest BCUT2D eigenvalue weighted by molar-refractivity contribution is 5.71. The van der Waals surface area contributed by atoms with Crippen LogP contribution in [-0.2, 0) is 0 Å². The van der Waals surface area contributed by atoms with E-state index in [0.717, 1.165) is 0 Å². The lowest BCUT2D eigenvalue weighted by Gasteiger charge is -2.11. The van der Waals surface area contributed by atoms with Gasteiger partial charge in [0.1, 0.15) is 13.5 Å². The maximum atomic E-state index is 9.99. The molecule has 0 aromatic rings. The molecular weight excluding hydrogens is 124 g/mol. The van der Waals surface area contributed by atoms with Gasteiger partial charge < -0.3 is 15.9 Å². The number of rotatable bonds is 2. The Balaban J connectivity index is 0. The maximum absolute atomic E-state index is 9.99. The Bertz CT molecular complexity index is 81.9. The van der Waals surface area contributed by atoms with Crippen LogP contribution in [0.1, 0.15) is 7.43 Å². The smallest absolute Gasteiger partial charge is 0.318 e. The average molecular weight is 136 g/mol. The second-order valence-electron chi connectivity index (χ2n) is 1.16. The summed E-state index contributed by atoms with van der Waals surface area (Å²) in [5.41, 5.74) is 4.62. The summed E-state index contributed by atoms with van der Waals surface area (Å²) in [4.78, 5) is 10.7. The van der Waals surface area contributed by atoms with Crippen LogP contribution in [0.3, 0.4) is 0 Å². The van der Waals surface area contributed by atoms with Gasteiger partial charge in [0.15, 0.2) is 0 Å². The highest BCUT2D eigenvalue weighted by Gasteiger charge is 2.02. The molecule has 9 heavy (non-hydrogen) atoms. The minimum Gasteiger partial charge on any atom is -0.376 e. The molecule has 0 rings (SSSR count). The summed E-state index contributed by atoms with van der Waals surface area (Å²) in [7, 11) is 0. The highest BCUT2D eigenvalue weighted by atomic mass is 16.3. The molecule has 0 bridgehead atoms. The molecule has 0 fully saturated rings. The first-order valence-corrected chi connectivity index (χ1v) is 1.98. The van der Waals surface area contributed by atoms with Gasteiger partial charge in [0, 0.05) is 0 Å². The van der Waals surface area contributed by atoms with E-state index in [1.165, 1.54) is 0 Å². The molecular formula is C4H12N2O3. The van der Waals surface area contributed by atoms with Crippen molar-refractivity contribution in [3.63, 3.8) is 0 Å². The fourth-order valence-corrected chi connectivity index (χ4v) is 0.184. The van der Waals surface area contributed by atoms with Crippen molar-refractivity contribution in [3.8, 4) is 0 Å². The Kier molecular flexibility index (Phi) is 6.54. The Morgan fingerprint density at radius 3 is 1.78 bits per heavy atom. The summed E-state index contributed by atoms with van der Waals surface area (Å²) in [6.45, 7) is -1.10. The number of aliphatic hydroxyl groups excluding tert-OH is 2. The van der Waals surface area contributed by atoms with Crippen LogP contribution in [0, 0.1) is 0 Å². The number of nitrogens with zero attached hydrogens (tertiary/aromatic N) is 1. The quantitative estimate of drug-likeness (QED) is 0.421. The number of primary amides is 1. The van der Waals surface area contributed by atoms with Crippen molar-refractivity contribution < 1.29 is 15.0 Å². The van der Waals surface area contributed by atoms with Crippen LogP contribution in [-0.4, -0.2) is 34.6 Å². The van der Waals surface area contributed by atoms with E-state index in [1.54, 1.807) is 0 Å². The molecule has 0 radical (unpaired) electrons. The van der Waals surface area contributed by atoms with E-state index >= 15 is 0 Å². The second kappa shape index (κ2) is 5.33. The predicted molar refractivity (Wildman–Crippen MR) is 32.3 cm³/mol. The van der Waals surface area contributed by atoms with Crippen molar-refractivity contribution in [1.82, 2.24) is 4.90 Å². The van der Waals surface area contributed by atoms with Crippen LogP contribution < -0.4 is 5.73 Å². The van der Waals surface area contributed by atoms with Gasteiger partial charge in [-0.1, -0.05) is 7.43 Å². The van der Waals surface area contributed by atoms with Crippen molar-refractivity contribution in [3.05, 3.63) is 0 Å². The molecule has 0 spiro atoms. The van der Waals surface area contributed by atoms with E-state index in [-0.39, 0.29) is 7.43 Å². The van der Waals surface area contributed by atoms with Gasteiger partial charge in [0.05, 0.1) is 0 Å². The third-order valence-corrected chi connectivity index (χ3v) is 0.653. The van der Waals surface area contributed by atoms with Gasteiger partial charge in [-0.25, -0.2) is 4.79 Å². The molecule has 0 aliphatic carbocycles. The monoisotopic (exact) mass is 136 g/mol. The molecule has 2 amide bonds. The number of urea groups is 1. The first-order chi connectivity index (χ1) is 3.72. The summed E-state index contributed by atoms with van der Waals surface area (Å²) in [5.74, 6) is 0. The molecule has 0 saturated heterocycles. The predicted octanol–water partition coefficient (Wildman–Crippen LogP) is -1.10. The fourth-order valence-electron chi connectivity index (χ4n) is 0.184. The van der Waals surface area contributed by atoms with Crippen molar-refractivity contribution in [1.29, 1.82) is 0 Å². The fraction of sp³-hybridized carbons (Fsp3) is 0.750. The third-order valence-electron chi connectivity index (χ3n) is 0.653. The van der Waals surface area contributed by atoms with E-state index in [2.05, 4.69) is 5.73 Å². The number of nitrogens with two attached hydrogens (primary N) is 1. The largest absolute Gasteiger partial charge is 0.376 e. The van der Waals surface area contributed by atoms with Crippen LogP contribution in [0.4, 0.5) is 4.79 Å². The average Bonchev–Trinajstić information content (AvgIpc) is 1.69. The van der Waals surface area contributed by atoms with Crippen LogP contribution in [0.5, 0.6) is 0 Å². The lowest BCUT2D eigenvalue weighted by atomic mass is 10.8. The Labute approximate surface area is 53.7 Å². The van der Waals surface area contributed by atoms with E-state index in [1.807, 2.05) is 0 Å². The molecule has 4 N–H and O–H groups in total. The lowest BCUT2D eigenvalue weighted by Crippen LogP contribution is -2.36. The van der Waals surface area contributed by atoms with E-state index in [9.17, 15) is 4.79 Å². The van der Waals surface area contributed by atoms with E-state index in [0.29, 0.717) is 4.90 Å². The summed E-state index contributed by atoms with van der Waals surface area (Å²) in [5, 5.41) is 16.3. The number of carbonyl (C=O) groups is 1. The molecule has 0 saturated carbocycles. The number of hydrogen-bond donors (Lipinski definition) is 3. The molecule has 56 valence electrons. The second-order valence-corrected chi connectivity index (χ2v) is 1.16. The van der Waals surface area contributed by atoms with Crippen molar-refractivity contribution in [2.75, 3.05) is 13.5 Å². The standard InChI is InChI=1S/C3H8N2O3.CH4/c4-3(8)5(1-6)2-7;/h6-7H,1-2H2,(H2,4,8);1H4. The van der Waals surface area contributed by atoms with Gasteiger partial charge in [-0.05, 0) is 0 Å². The van der Waals surface area contributed by atoms with Crippen LogP contribution in [0.25, 0.3) is 0 Å². The van der Waals surface area contributed by atoms with Gasteiger partial charge in [-0.3, -0.25) is 4.90 Å². The molecule has 0 atom stereocenters. The van der Waals surface area contributed by atoms with Gasteiger partial charge >= 0.3 is 6.03 Å². The SMILES string of the molecule is C.NC(=O)N(CO)CO. The Morgan fingerprint density at radius 1 is 1.44 bits per heavy atom. The van der Waals surface area contributed by atoms with Crippen molar-refractivity contribution in [2.45, 2.75) is 7.43 Å². The van der Waals surface area contributed by atoms with Crippen molar-refractivity contribution >= 4 is 6.03 Å². The summed E-state index contributed by atoms with van der Waals surface area (Å²) in [6.07, 6.45) is 0. The number of carbonyl (C=O) groups excluding carboxylic acids is 1. The number of aliphatic hydroxyl groups is 2. The first-order valence-electron chi connectivity index (χ1n) is 1.98. The third kappa shape index (κ3) is 3.75. The molecule has 0 aromatic heterocycles. The minimum atomic E-state index is -0.838. The minimum absolute atomic E-state index is 0. The lowest BCUT2D eigenvalue weighted by molar-refractivity contribution is 0.0608. The van der Waals surface area contributed by atoms with Gasteiger partial charge in [0.25, 0.3) is 0 Å². The normalized spacial score (nSPS) is 7.78. The highest BCUT2D eigenvalue weighted by Crippen LogP contribution is 1.78. The Morgan fingerprint density at radius 2 is 1.78 bits per heavy atom. The molecule has 0 unspecified atom stereocenters. The van der Waals surface area contributed by atoms with Gasteiger partial charge in [-0.2, -0.15) is 0 Å². The van der Waals surface area contributed by atoms with E-state index in [4.69, 9.17) is 10.2 Å². The molecule has 0 heterocycles. The molecule has 0 aliphatic rings. The molecule has 0 aromatic carbocycles. The van der Waals surface area contributed by atoms with Gasteiger partial charge in [0.2, 0.25) is 0 Å².